The predicted octanol–water partition coefficient (Wildman–Crippen LogP) is 2.12. The number of carbonyl (C=O) groups is 2. The smallest absolute Gasteiger partial charge is 0.238 e. The fourth-order valence-corrected chi connectivity index (χ4v) is 2.71. The summed E-state index contributed by atoms with van der Waals surface area (Å²) in [5, 5.41) is 5.70. The zero-order chi connectivity index (χ0) is 18.2. The van der Waals surface area contributed by atoms with E-state index in [2.05, 4.69) is 15.5 Å². The minimum Gasteiger partial charge on any atom is -0.469 e. The average molecular weight is 357 g/mol. The molecule has 3 rings (SSSR count). The molecular weight excluding hydrogens is 334 g/mol. The van der Waals surface area contributed by atoms with Crippen molar-refractivity contribution < 1.29 is 18.7 Å². The van der Waals surface area contributed by atoms with Crippen LogP contribution in [0.2, 0.25) is 0 Å². The Morgan fingerprint density at radius 1 is 0.962 bits per heavy atom. The predicted molar refractivity (Wildman–Crippen MR) is 98.0 cm³/mol. The zero-order valence-electron chi connectivity index (χ0n) is 14.6. The van der Waals surface area contributed by atoms with Gasteiger partial charge in [0.1, 0.15) is 5.76 Å². The Morgan fingerprint density at radius 3 is 2.23 bits per heavy atom. The van der Waals surface area contributed by atoms with Crippen molar-refractivity contribution in [3.63, 3.8) is 0 Å². The SMILES string of the molecule is O=C(CCc1ccco1)Nc1ccc(NC(=O)CN2CCOCC2)cc1. The topological polar surface area (TPSA) is 83.8 Å². The van der Waals surface area contributed by atoms with E-state index >= 15 is 0 Å². The fraction of sp³-hybridized carbons (Fsp3) is 0.368. The van der Waals surface area contributed by atoms with Gasteiger partial charge in [-0.05, 0) is 36.4 Å². The molecule has 2 heterocycles. The Hall–Kier alpha value is -2.64. The summed E-state index contributed by atoms with van der Waals surface area (Å²) < 4.78 is 10.5. The van der Waals surface area contributed by atoms with Gasteiger partial charge in [0.25, 0.3) is 0 Å². The first-order chi connectivity index (χ1) is 12.7. The third-order valence-corrected chi connectivity index (χ3v) is 4.10. The summed E-state index contributed by atoms with van der Waals surface area (Å²) in [6.07, 6.45) is 2.51. The number of nitrogens with one attached hydrogen (secondary N) is 2. The molecule has 26 heavy (non-hydrogen) atoms. The van der Waals surface area contributed by atoms with Gasteiger partial charge >= 0.3 is 0 Å². The molecule has 0 atom stereocenters. The van der Waals surface area contributed by atoms with E-state index in [0.717, 1.165) is 18.8 Å². The summed E-state index contributed by atoms with van der Waals surface area (Å²) in [6.45, 7) is 3.24. The van der Waals surface area contributed by atoms with Gasteiger partial charge in [0.15, 0.2) is 0 Å². The average Bonchev–Trinajstić information content (AvgIpc) is 3.16. The van der Waals surface area contributed by atoms with Gasteiger partial charge < -0.3 is 19.8 Å². The summed E-state index contributed by atoms with van der Waals surface area (Å²) >= 11 is 0. The van der Waals surface area contributed by atoms with E-state index in [1.165, 1.54) is 0 Å². The fourth-order valence-electron chi connectivity index (χ4n) is 2.71. The monoisotopic (exact) mass is 357 g/mol. The highest BCUT2D eigenvalue weighted by atomic mass is 16.5. The Bertz CT molecular complexity index is 707. The van der Waals surface area contributed by atoms with Crippen molar-refractivity contribution in [3.05, 3.63) is 48.4 Å². The number of benzene rings is 1. The minimum absolute atomic E-state index is 0.0536. The molecule has 1 aliphatic heterocycles. The van der Waals surface area contributed by atoms with Gasteiger partial charge in [-0.2, -0.15) is 0 Å². The molecule has 0 unspecified atom stereocenters. The Balaban J connectivity index is 1.42. The van der Waals surface area contributed by atoms with Crippen LogP contribution in [0.5, 0.6) is 0 Å². The lowest BCUT2D eigenvalue weighted by molar-refractivity contribution is -0.118. The quantitative estimate of drug-likeness (QED) is 0.793. The van der Waals surface area contributed by atoms with Gasteiger partial charge in [-0.25, -0.2) is 0 Å². The van der Waals surface area contributed by atoms with Crippen LogP contribution in [0.3, 0.4) is 0 Å². The normalized spacial score (nSPS) is 14.8. The van der Waals surface area contributed by atoms with Crippen molar-refractivity contribution in [2.75, 3.05) is 43.5 Å². The molecule has 2 amide bonds. The Morgan fingerprint density at radius 2 is 1.62 bits per heavy atom. The van der Waals surface area contributed by atoms with Crippen LogP contribution in [0, 0.1) is 0 Å². The van der Waals surface area contributed by atoms with Crippen LogP contribution >= 0.6 is 0 Å². The molecule has 0 radical (unpaired) electrons. The van der Waals surface area contributed by atoms with E-state index in [1.54, 1.807) is 36.6 Å². The summed E-state index contributed by atoms with van der Waals surface area (Å²) in [4.78, 5) is 26.1. The maximum atomic E-state index is 12.1. The number of hydrogen-bond donors (Lipinski definition) is 2. The van der Waals surface area contributed by atoms with Gasteiger partial charge in [0.05, 0.1) is 26.0 Å². The summed E-state index contributed by atoms with van der Waals surface area (Å²) in [7, 11) is 0. The number of anilines is 2. The number of rotatable bonds is 7. The van der Waals surface area contributed by atoms with E-state index in [0.29, 0.717) is 44.0 Å². The molecule has 2 aromatic rings. The van der Waals surface area contributed by atoms with Gasteiger partial charge in [0, 0.05) is 37.3 Å². The molecule has 0 bridgehead atoms. The van der Waals surface area contributed by atoms with Crippen LogP contribution in [0.4, 0.5) is 11.4 Å². The van der Waals surface area contributed by atoms with E-state index in [-0.39, 0.29) is 11.8 Å². The second-order valence-corrected chi connectivity index (χ2v) is 6.14. The van der Waals surface area contributed by atoms with Crippen molar-refractivity contribution >= 4 is 23.2 Å². The van der Waals surface area contributed by atoms with Gasteiger partial charge in [-0.1, -0.05) is 0 Å². The number of aryl methyl sites for hydroxylation is 1. The molecule has 1 aromatic carbocycles. The van der Waals surface area contributed by atoms with Crippen LogP contribution in [0.1, 0.15) is 12.2 Å². The van der Waals surface area contributed by atoms with E-state index in [9.17, 15) is 9.59 Å². The van der Waals surface area contributed by atoms with Crippen LogP contribution < -0.4 is 10.6 Å². The number of hydrogen-bond acceptors (Lipinski definition) is 5. The molecule has 0 saturated carbocycles. The maximum absolute atomic E-state index is 12.1. The van der Waals surface area contributed by atoms with Crippen LogP contribution in [0.15, 0.2) is 47.1 Å². The molecule has 1 saturated heterocycles. The van der Waals surface area contributed by atoms with Gasteiger partial charge in [-0.3, -0.25) is 14.5 Å². The summed E-state index contributed by atoms with van der Waals surface area (Å²) in [6, 6.07) is 10.8. The van der Waals surface area contributed by atoms with Crippen molar-refractivity contribution in [2.24, 2.45) is 0 Å². The lowest BCUT2D eigenvalue weighted by Gasteiger charge is -2.25. The Kier molecular flexibility index (Phi) is 6.40. The van der Waals surface area contributed by atoms with E-state index in [1.807, 2.05) is 6.07 Å². The number of morpholine rings is 1. The second kappa shape index (κ2) is 9.17. The molecule has 0 aliphatic carbocycles. The number of furan rings is 1. The van der Waals surface area contributed by atoms with Crippen molar-refractivity contribution in [3.8, 4) is 0 Å². The first-order valence-electron chi connectivity index (χ1n) is 8.71. The van der Waals surface area contributed by atoms with E-state index < -0.39 is 0 Å². The largest absolute Gasteiger partial charge is 0.469 e. The second-order valence-electron chi connectivity index (χ2n) is 6.14. The number of carbonyl (C=O) groups excluding carboxylic acids is 2. The number of ether oxygens (including phenoxy) is 1. The minimum atomic E-state index is -0.0782. The maximum Gasteiger partial charge on any atom is 0.238 e. The third kappa shape index (κ3) is 5.72. The molecule has 138 valence electrons. The molecule has 7 heteroatoms. The first kappa shape index (κ1) is 18.2. The van der Waals surface area contributed by atoms with Gasteiger partial charge in [-0.15, -0.1) is 0 Å². The highest BCUT2D eigenvalue weighted by Gasteiger charge is 2.14. The Labute approximate surface area is 152 Å². The lowest BCUT2D eigenvalue weighted by Crippen LogP contribution is -2.41. The molecule has 7 nitrogen and oxygen atoms in total. The summed E-state index contributed by atoms with van der Waals surface area (Å²) in [5.74, 6) is 0.658. The van der Waals surface area contributed by atoms with Gasteiger partial charge in [0.2, 0.25) is 11.8 Å². The zero-order valence-corrected chi connectivity index (χ0v) is 14.6. The molecule has 1 aliphatic rings. The van der Waals surface area contributed by atoms with Crippen molar-refractivity contribution in [2.45, 2.75) is 12.8 Å². The molecule has 1 fully saturated rings. The number of nitrogens with zero attached hydrogens (tertiary/aromatic N) is 1. The van der Waals surface area contributed by atoms with Crippen molar-refractivity contribution in [1.29, 1.82) is 0 Å². The van der Waals surface area contributed by atoms with Crippen molar-refractivity contribution in [1.82, 2.24) is 4.90 Å². The first-order valence-corrected chi connectivity index (χ1v) is 8.71. The van der Waals surface area contributed by atoms with Crippen LogP contribution in [0.25, 0.3) is 0 Å². The molecular formula is C19H23N3O4. The number of amides is 2. The van der Waals surface area contributed by atoms with E-state index in [4.69, 9.17) is 9.15 Å². The summed E-state index contributed by atoms with van der Waals surface area (Å²) in [5.41, 5.74) is 1.40. The molecule has 2 N–H and O–H groups in total. The van der Waals surface area contributed by atoms with Crippen LogP contribution in [-0.4, -0.2) is 49.6 Å². The molecule has 1 aromatic heterocycles. The highest BCUT2D eigenvalue weighted by Crippen LogP contribution is 2.14. The third-order valence-electron chi connectivity index (χ3n) is 4.10. The van der Waals surface area contributed by atoms with Crippen LogP contribution in [-0.2, 0) is 20.7 Å². The standard InChI is InChI=1S/C19H23N3O4/c23-18(8-7-17-2-1-11-26-17)20-15-3-5-16(6-4-15)21-19(24)14-22-9-12-25-13-10-22/h1-6,11H,7-10,12-14H2,(H,20,23)(H,21,24). The highest BCUT2D eigenvalue weighted by molar-refractivity contribution is 5.93. The lowest BCUT2D eigenvalue weighted by atomic mass is 10.2. The molecule has 0 spiro atoms.